The van der Waals surface area contributed by atoms with Gasteiger partial charge in [0.05, 0.1) is 11.9 Å². The van der Waals surface area contributed by atoms with Crippen molar-refractivity contribution >= 4 is 48.9 Å². The van der Waals surface area contributed by atoms with Gasteiger partial charge in [-0.25, -0.2) is 13.4 Å². The van der Waals surface area contributed by atoms with E-state index in [9.17, 15) is 13.2 Å². The highest BCUT2D eigenvalue weighted by atomic mass is 32.2. The number of benzene rings is 3. The number of nitrogens with zero attached hydrogens (tertiary/aromatic N) is 1. The van der Waals surface area contributed by atoms with Crippen molar-refractivity contribution in [2.24, 2.45) is 0 Å². The topological polar surface area (TPSA) is 88.2 Å². The van der Waals surface area contributed by atoms with Crippen LogP contribution in [0.3, 0.4) is 0 Å². The van der Waals surface area contributed by atoms with E-state index in [2.05, 4.69) is 15.0 Å². The van der Waals surface area contributed by atoms with E-state index in [4.69, 9.17) is 0 Å². The molecule has 0 saturated carbocycles. The number of carbonyl (C=O) groups excluding carboxylic acids is 1. The number of nitrogens with one attached hydrogen (secondary N) is 2. The Labute approximate surface area is 172 Å². The molecule has 0 spiro atoms. The van der Waals surface area contributed by atoms with Gasteiger partial charge in [-0.15, -0.1) is 11.3 Å². The molecule has 146 valence electrons. The van der Waals surface area contributed by atoms with Gasteiger partial charge in [-0.3, -0.25) is 14.8 Å². The zero-order valence-corrected chi connectivity index (χ0v) is 17.0. The lowest BCUT2D eigenvalue weighted by atomic mass is 10.1. The van der Waals surface area contributed by atoms with E-state index in [1.165, 1.54) is 11.3 Å². The number of sulfonamides is 1. The number of hydrogen-bond donors (Lipinski definition) is 2. The summed E-state index contributed by atoms with van der Waals surface area (Å²) < 4.78 is 25.0. The highest BCUT2D eigenvalue weighted by Gasteiger charge is 2.11. The first-order valence-electron chi connectivity index (χ1n) is 8.71. The first kappa shape index (κ1) is 19.1. The summed E-state index contributed by atoms with van der Waals surface area (Å²) in [6.45, 7) is 0. The molecule has 6 nitrogen and oxygen atoms in total. The van der Waals surface area contributed by atoms with Crippen molar-refractivity contribution in [2.75, 3.05) is 16.3 Å². The highest BCUT2D eigenvalue weighted by Crippen LogP contribution is 2.27. The van der Waals surface area contributed by atoms with Gasteiger partial charge in [0.2, 0.25) is 10.0 Å². The Morgan fingerprint density at radius 1 is 0.966 bits per heavy atom. The average Bonchev–Trinajstić information content (AvgIpc) is 3.15. The average molecular weight is 424 g/mol. The lowest BCUT2D eigenvalue weighted by Crippen LogP contribution is -2.11. The Morgan fingerprint density at radius 2 is 1.69 bits per heavy atom. The minimum atomic E-state index is -3.32. The molecule has 29 heavy (non-hydrogen) atoms. The number of hydrogen-bond acceptors (Lipinski definition) is 5. The Bertz CT molecular complexity index is 1300. The van der Waals surface area contributed by atoms with Crippen LogP contribution in [-0.2, 0) is 10.0 Å². The second-order valence-corrected chi connectivity index (χ2v) is 9.11. The van der Waals surface area contributed by atoms with Crippen LogP contribution in [0.2, 0.25) is 0 Å². The third kappa shape index (κ3) is 4.61. The van der Waals surface area contributed by atoms with Crippen molar-refractivity contribution in [1.82, 2.24) is 4.98 Å². The van der Waals surface area contributed by atoms with Crippen LogP contribution in [0.4, 0.5) is 10.8 Å². The maximum atomic E-state index is 12.6. The SMILES string of the molecule is CS(=O)(=O)Nc1ccc(-c2csc(NC(=O)c3ccc4ccccc4c3)n2)cc1. The van der Waals surface area contributed by atoms with Crippen LogP contribution < -0.4 is 10.0 Å². The molecule has 0 radical (unpaired) electrons. The van der Waals surface area contributed by atoms with Crippen LogP contribution >= 0.6 is 11.3 Å². The third-order valence-corrected chi connectivity index (χ3v) is 5.58. The van der Waals surface area contributed by atoms with Gasteiger partial charge >= 0.3 is 0 Å². The van der Waals surface area contributed by atoms with Gasteiger partial charge in [0, 0.05) is 22.2 Å². The second kappa shape index (κ2) is 7.65. The van der Waals surface area contributed by atoms with Gasteiger partial charge in [-0.1, -0.05) is 42.5 Å². The smallest absolute Gasteiger partial charge is 0.257 e. The van der Waals surface area contributed by atoms with E-state index in [1.807, 2.05) is 41.8 Å². The quantitative estimate of drug-likeness (QED) is 0.491. The largest absolute Gasteiger partial charge is 0.298 e. The minimum absolute atomic E-state index is 0.218. The molecule has 0 aliphatic heterocycles. The summed E-state index contributed by atoms with van der Waals surface area (Å²) in [7, 11) is -3.32. The van der Waals surface area contributed by atoms with Crippen LogP contribution in [0.25, 0.3) is 22.0 Å². The molecule has 8 heteroatoms. The first-order chi connectivity index (χ1) is 13.9. The number of anilines is 2. The number of fused-ring (bicyclic) bond motifs is 1. The van der Waals surface area contributed by atoms with Gasteiger partial charge in [-0.05, 0) is 35.0 Å². The van der Waals surface area contributed by atoms with Crippen molar-refractivity contribution in [1.29, 1.82) is 0 Å². The van der Waals surface area contributed by atoms with Crippen LogP contribution in [0.5, 0.6) is 0 Å². The Morgan fingerprint density at radius 3 is 2.41 bits per heavy atom. The number of thiazole rings is 1. The molecule has 3 aromatic carbocycles. The summed E-state index contributed by atoms with van der Waals surface area (Å²) in [5.41, 5.74) is 2.58. The van der Waals surface area contributed by atoms with E-state index in [-0.39, 0.29) is 5.91 Å². The fraction of sp³-hybridized carbons (Fsp3) is 0.0476. The third-order valence-electron chi connectivity index (χ3n) is 4.22. The summed E-state index contributed by atoms with van der Waals surface area (Å²) in [6.07, 6.45) is 1.10. The van der Waals surface area contributed by atoms with Crippen molar-refractivity contribution in [3.63, 3.8) is 0 Å². The molecule has 0 bridgehead atoms. The number of rotatable bonds is 5. The molecule has 2 N–H and O–H groups in total. The minimum Gasteiger partial charge on any atom is -0.298 e. The van der Waals surface area contributed by atoms with Gasteiger partial charge in [-0.2, -0.15) is 0 Å². The molecule has 0 fully saturated rings. The maximum Gasteiger partial charge on any atom is 0.257 e. The predicted molar refractivity (Wildman–Crippen MR) is 118 cm³/mol. The van der Waals surface area contributed by atoms with Crippen LogP contribution in [-0.4, -0.2) is 25.6 Å². The molecular formula is C21H17N3O3S2. The van der Waals surface area contributed by atoms with E-state index >= 15 is 0 Å². The molecule has 0 unspecified atom stereocenters. The lowest BCUT2D eigenvalue weighted by Gasteiger charge is -2.05. The van der Waals surface area contributed by atoms with E-state index < -0.39 is 10.0 Å². The van der Waals surface area contributed by atoms with Crippen molar-refractivity contribution in [3.8, 4) is 11.3 Å². The lowest BCUT2D eigenvalue weighted by molar-refractivity contribution is 0.102. The van der Waals surface area contributed by atoms with Gasteiger partial charge in [0.1, 0.15) is 0 Å². The van der Waals surface area contributed by atoms with Crippen LogP contribution in [0.15, 0.2) is 72.1 Å². The van der Waals surface area contributed by atoms with Crippen molar-refractivity contribution < 1.29 is 13.2 Å². The fourth-order valence-corrected chi connectivity index (χ4v) is 4.17. The van der Waals surface area contributed by atoms with Gasteiger partial charge < -0.3 is 0 Å². The summed E-state index contributed by atoms with van der Waals surface area (Å²) in [4.78, 5) is 17.0. The summed E-state index contributed by atoms with van der Waals surface area (Å²) >= 11 is 1.33. The Hall–Kier alpha value is -3.23. The van der Waals surface area contributed by atoms with E-state index in [0.29, 0.717) is 22.1 Å². The molecule has 0 atom stereocenters. The van der Waals surface area contributed by atoms with Crippen LogP contribution in [0, 0.1) is 0 Å². The molecule has 1 heterocycles. The molecule has 4 rings (SSSR count). The maximum absolute atomic E-state index is 12.6. The van der Waals surface area contributed by atoms with Crippen molar-refractivity contribution in [2.45, 2.75) is 0 Å². The number of amides is 1. The summed E-state index contributed by atoms with van der Waals surface area (Å²) in [5, 5.41) is 7.25. The molecule has 0 aliphatic carbocycles. The van der Waals surface area contributed by atoms with Gasteiger partial charge in [0.15, 0.2) is 5.13 Å². The first-order valence-corrected chi connectivity index (χ1v) is 11.5. The normalized spacial score (nSPS) is 11.3. The zero-order valence-electron chi connectivity index (χ0n) is 15.4. The van der Waals surface area contributed by atoms with Gasteiger partial charge in [0.25, 0.3) is 5.91 Å². The number of carbonyl (C=O) groups is 1. The number of aromatic nitrogens is 1. The van der Waals surface area contributed by atoms with E-state index in [0.717, 1.165) is 22.6 Å². The molecule has 4 aromatic rings. The zero-order chi connectivity index (χ0) is 20.4. The monoisotopic (exact) mass is 423 g/mol. The second-order valence-electron chi connectivity index (χ2n) is 6.51. The molecule has 0 saturated heterocycles. The molecular weight excluding hydrogens is 406 g/mol. The molecule has 1 aromatic heterocycles. The van der Waals surface area contributed by atoms with Crippen LogP contribution in [0.1, 0.15) is 10.4 Å². The Balaban J connectivity index is 1.49. The summed E-state index contributed by atoms with van der Waals surface area (Å²) in [6, 6.07) is 20.3. The molecule has 0 aliphatic rings. The fourth-order valence-electron chi connectivity index (χ4n) is 2.89. The predicted octanol–water partition coefficient (Wildman–Crippen LogP) is 4.59. The molecule has 1 amide bonds. The summed E-state index contributed by atoms with van der Waals surface area (Å²) in [5.74, 6) is -0.218. The van der Waals surface area contributed by atoms with Crippen molar-refractivity contribution in [3.05, 3.63) is 77.7 Å². The Kier molecular flexibility index (Phi) is 5.04. The van der Waals surface area contributed by atoms with E-state index in [1.54, 1.807) is 30.3 Å². The standard InChI is InChI=1S/C21H17N3O3S2/c1-29(26,27)24-18-10-8-15(9-11-18)19-13-28-21(22-19)23-20(25)17-7-6-14-4-2-3-5-16(14)12-17/h2-13,24H,1H3,(H,22,23,25). The highest BCUT2D eigenvalue weighted by molar-refractivity contribution is 7.92.